The number of thioether (sulfide) groups is 1. The number of non-ortho nitro benzene ring substituents is 1. The Hall–Kier alpha value is -2.25. The van der Waals surface area contributed by atoms with Crippen LogP contribution in [0.4, 0.5) is 5.69 Å². The molecule has 0 aromatic heterocycles. The molecule has 0 aliphatic heterocycles. The van der Waals surface area contributed by atoms with Crippen molar-refractivity contribution in [1.29, 1.82) is 0 Å². The highest BCUT2D eigenvalue weighted by molar-refractivity contribution is 7.99. The van der Waals surface area contributed by atoms with Crippen molar-refractivity contribution in [3.05, 3.63) is 62.7 Å². The Labute approximate surface area is 173 Å². The number of carbonyl (C=O) groups is 1. The molecule has 2 aromatic rings. The summed E-state index contributed by atoms with van der Waals surface area (Å²) >= 11 is 7.80. The van der Waals surface area contributed by atoms with Gasteiger partial charge in [-0.1, -0.05) is 32.4 Å². The Morgan fingerprint density at radius 1 is 1.21 bits per heavy atom. The Kier molecular flexibility index (Phi) is 7.32. The minimum absolute atomic E-state index is 0.00830. The fourth-order valence-corrected chi connectivity index (χ4v) is 3.40. The number of halogens is 1. The fourth-order valence-electron chi connectivity index (χ4n) is 2.33. The number of esters is 1. The van der Waals surface area contributed by atoms with Gasteiger partial charge >= 0.3 is 5.97 Å². The molecule has 0 radical (unpaired) electrons. The lowest BCUT2D eigenvalue weighted by atomic mass is 10.1. The van der Waals surface area contributed by atoms with Crippen LogP contribution in [-0.4, -0.2) is 22.7 Å². The molecule has 0 aliphatic carbocycles. The van der Waals surface area contributed by atoms with E-state index in [1.54, 1.807) is 36.0 Å². The Balaban J connectivity index is 2.33. The highest BCUT2D eigenvalue weighted by Crippen LogP contribution is 2.36. The van der Waals surface area contributed by atoms with Crippen LogP contribution in [0.3, 0.4) is 0 Å². The van der Waals surface area contributed by atoms with Gasteiger partial charge in [0.1, 0.15) is 11.5 Å². The monoisotopic (exact) mass is 423 g/mol. The maximum atomic E-state index is 11.5. The summed E-state index contributed by atoms with van der Waals surface area (Å²) < 4.78 is 10.6. The summed E-state index contributed by atoms with van der Waals surface area (Å²) in [4.78, 5) is 22.2. The molecule has 0 heterocycles. The molecular weight excluding hydrogens is 402 g/mol. The van der Waals surface area contributed by atoms with Crippen molar-refractivity contribution in [3.8, 4) is 11.5 Å². The molecule has 28 heavy (non-hydrogen) atoms. The average Bonchev–Trinajstić information content (AvgIpc) is 2.59. The third kappa shape index (κ3) is 6.73. The number of methoxy groups -OCH3 is 1. The molecule has 0 saturated carbocycles. The van der Waals surface area contributed by atoms with E-state index in [9.17, 15) is 14.9 Å². The second kappa shape index (κ2) is 9.30. The SMILES string of the molecule is COC(=O)Cc1cc(Cl)cc(Oc2ccc([N+](=O)[O-])cc2CSC(C)(C)C)c1. The molecule has 0 unspecified atom stereocenters. The van der Waals surface area contributed by atoms with E-state index < -0.39 is 4.92 Å². The third-order valence-electron chi connectivity index (χ3n) is 3.65. The Bertz CT molecular complexity index is 879. The number of nitro groups is 1. The van der Waals surface area contributed by atoms with Crippen molar-refractivity contribution in [3.63, 3.8) is 0 Å². The fraction of sp³-hybridized carbons (Fsp3) is 0.350. The number of rotatable bonds is 7. The van der Waals surface area contributed by atoms with Crippen LogP contribution in [0.2, 0.25) is 5.02 Å². The van der Waals surface area contributed by atoms with Gasteiger partial charge in [-0.3, -0.25) is 14.9 Å². The van der Waals surface area contributed by atoms with Gasteiger partial charge in [0.2, 0.25) is 0 Å². The van der Waals surface area contributed by atoms with Gasteiger partial charge in [-0.25, -0.2) is 0 Å². The van der Waals surface area contributed by atoms with Gasteiger partial charge in [0.15, 0.2) is 0 Å². The van der Waals surface area contributed by atoms with Gasteiger partial charge in [-0.2, -0.15) is 11.8 Å². The maximum Gasteiger partial charge on any atom is 0.309 e. The van der Waals surface area contributed by atoms with Gasteiger partial charge in [0.05, 0.1) is 18.5 Å². The zero-order valence-corrected chi connectivity index (χ0v) is 17.7. The zero-order chi connectivity index (χ0) is 20.9. The summed E-state index contributed by atoms with van der Waals surface area (Å²) in [5.41, 5.74) is 1.37. The molecule has 0 aliphatic rings. The molecule has 0 saturated heterocycles. The topological polar surface area (TPSA) is 78.7 Å². The molecule has 6 nitrogen and oxygen atoms in total. The van der Waals surface area contributed by atoms with E-state index in [1.165, 1.54) is 19.2 Å². The Morgan fingerprint density at radius 2 is 1.93 bits per heavy atom. The van der Waals surface area contributed by atoms with Crippen LogP contribution in [0, 0.1) is 10.1 Å². The van der Waals surface area contributed by atoms with Gasteiger partial charge in [0, 0.05) is 33.2 Å². The molecule has 0 bridgehead atoms. The van der Waals surface area contributed by atoms with Crippen molar-refractivity contribution in [2.45, 2.75) is 37.7 Å². The van der Waals surface area contributed by atoms with E-state index in [2.05, 4.69) is 25.5 Å². The molecule has 0 spiro atoms. The standard InChI is InChI=1S/C20H22ClNO5S/c1-20(2,3)28-12-14-10-16(22(24)25)5-6-18(14)27-17-8-13(7-15(21)11-17)9-19(23)26-4/h5-8,10-11H,9,12H2,1-4H3. The molecular formula is C20H22ClNO5S. The van der Waals surface area contributed by atoms with E-state index >= 15 is 0 Å². The predicted octanol–water partition coefficient (Wildman–Crippen LogP) is 5.79. The molecule has 2 aromatic carbocycles. The molecule has 0 amide bonds. The van der Waals surface area contributed by atoms with Crippen LogP contribution in [0.1, 0.15) is 31.9 Å². The number of nitro benzene ring substituents is 1. The molecule has 150 valence electrons. The average molecular weight is 424 g/mol. The van der Waals surface area contributed by atoms with Gasteiger partial charge < -0.3 is 9.47 Å². The minimum Gasteiger partial charge on any atom is -0.469 e. The van der Waals surface area contributed by atoms with Crippen molar-refractivity contribution in [2.75, 3.05) is 7.11 Å². The molecule has 8 heteroatoms. The van der Waals surface area contributed by atoms with E-state index in [1.807, 2.05) is 0 Å². The maximum absolute atomic E-state index is 11.5. The number of ether oxygens (including phenoxy) is 2. The molecule has 0 N–H and O–H groups in total. The predicted molar refractivity (Wildman–Crippen MR) is 111 cm³/mol. The molecule has 2 rings (SSSR count). The minimum atomic E-state index is -0.428. The van der Waals surface area contributed by atoms with Crippen LogP contribution in [0.15, 0.2) is 36.4 Å². The lowest BCUT2D eigenvalue weighted by Crippen LogP contribution is -2.08. The van der Waals surface area contributed by atoms with E-state index in [4.69, 9.17) is 16.3 Å². The van der Waals surface area contributed by atoms with Gasteiger partial charge in [0.25, 0.3) is 5.69 Å². The molecule has 0 atom stereocenters. The largest absolute Gasteiger partial charge is 0.469 e. The van der Waals surface area contributed by atoms with Crippen LogP contribution in [0.5, 0.6) is 11.5 Å². The van der Waals surface area contributed by atoms with Crippen molar-refractivity contribution >= 4 is 35.0 Å². The highest BCUT2D eigenvalue weighted by Gasteiger charge is 2.17. The quantitative estimate of drug-likeness (QED) is 0.318. The lowest BCUT2D eigenvalue weighted by molar-refractivity contribution is -0.384. The van der Waals surface area contributed by atoms with Gasteiger partial charge in [-0.05, 0) is 29.8 Å². The smallest absolute Gasteiger partial charge is 0.309 e. The van der Waals surface area contributed by atoms with Crippen molar-refractivity contribution < 1.29 is 19.2 Å². The summed E-state index contributed by atoms with van der Waals surface area (Å²) in [7, 11) is 1.32. The van der Waals surface area contributed by atoms with Crippen LogP contribution in [-0.2, 0) is 21.7 Å². The summed E-state index contributed by atoms with van der Waals surface area (Å²) in [5.74, 6) is 1.12. The number of hydrogen-bond acceptors (Lipinski definition) is 6. The Morgan fingerprint density at radius 3 is 2.54 bits per heavy atom. The van der Waals surface area contributed by atoms with E-state index in [0.717, 1.165) is 0 Å². The number of nitrogens with zero attached hydrogens (tertiary/aromatic N) is 1. The normalized spacial score (nSPS) is 11.2. The highest BCUT2D eigenvalue weighted by atomic mass is 35.5. The number of hydrogen-bond donors (Lipinski definition) is 0. The second-order valence-electron chi connectivity index (χ2n) is 7.10. The van der Waals surface area contributed by atoms with Crippen molar-refractivity contribution in [2.24, 2.45) is 0 Å². The van der Waals surface area contributed by atoms with Crippen LogP contribution in [0.25, 0.3) is 0 Å². The summed E-state index contributed by atoms with van der Waals surface area (Å²) in [6, 6.07) is 9.50. The first-order valence-corrected chi connectivity index (χ1v) is 9.89. The van der Waals surface area contributed by atoms with Gasteiger partial charge in [-0.15, -0.1) is 0 Å². The van der Waals surface area contributed by atoms with E-state index in [0.29, 0.717) is 33.4 Å². The summed E-state index contributed by atoms with van der Waals surface area (Å²) in [6.07, 6.45) is 0.0699. The number of carbonyl (C=O) groups excluding carboxylic acids is 1. The molecule has 0 fully saturated rings. The second-order valence-corrected chi connectivity index (χ2v) is 9.34. The first kappa shape index (κ1) is 22.0. The number of benzene rings is 2. The summed E-state index contributed by atoms with van der Waals surface area (Å²) in [6.45, 7) is 6.23. The third-order valence-corrected chi connectivity index (χ3v) is 5.19. The summed E-state index contributed by atoms with van der Waals surface area (Å²) in [5, 5.41) is 11.6. The first-order chi connectivity index (χ1) is 13.1. The van der Waals surface area contributed by atoms with Crippen LogP contribution < -0.4 is 4.74 Å². The van der Waals surface area contributed by atoms with Crippen molar-refractivity contribution in [1.82, 2.24) is 0 Å². The first-order valence-electron chi connectivity index (χ1n) is 8.53. The lowest BCUT2D eigenvalue weighted by Gasteiger charge is -2.19. The van der Waals surface area contributed by atoms with E-state index in [-0.39, 0.29) is 22.8 Å². The van der Waals surface area contributed by atoms with Crippen LogP contribution >= 0.6 is 23.4 Å². The zero-order valence-electron chi connectivity index (χ0n) is 16.2.